The molecule has 1 rings (SSSR count). The van der Waals surface area contributed by atoms with E-state index in [9.17, 15) is 9.59 Å². The third-order valence-electron chi connectivity index (χ3n) is 3.74. The topological polar surface area (TPSA) is 76.7 Å². The van der Waals surface area contributed by atoms with E-state index < -0.39 is 11.7 Å². The number of carbonyl (C=O) groups is 2. The number of hydrogen-bond acceptors (Lipinski definition) is 4. The Morgan fingerprint density at radius 1 is 1.30 bits per heavy atom. The van der Waals surface area contributed by atoms with Crippen LogP contribution in [0.4, 0.5) is 4.79 Å². The Labute approximate surface area is 139 Å². The Bertz CT molecular complexity index is 385. The maximum absolute atomic E-state index is 11.9. The molecule has 0 saturated carbocycles. The molecule has 0 spiro atoms. The largest absolute Gasteiger partial charge is 0.444 e. The van der Waals surface area contributed by atoms with Crippen molar-refractivity contribution in [3.8, 4) is 0 Å². The zero-order valence-corrected chi connectivity index (χ0v) is 15.1. The number of alkyl carbamates (subject to hydrolysis) is 1. The Hall–Kier alpha value is -1.30. The number of hydrogen-bond donors (Lipinski definition) is 2. The minimum atomic E-state index is -0.532. The monoisotopic (exact) mass is 328 g/mol. The second-order valence-electron chi connectivity index (χ2n) is 7.47. The van der Waals surface area contributed by atoms with E-state index in [2.05, 4.69) is 10.6 Å². The first-order valence-electron chi connectivity index (χ1n) is 8.55. The predicted molar refractivity (Wildman–Crippen MR) is 89.2 cm³/mol. The molecule has 0 aliphatic carbocycles. The van der Waals surface area contributed by atoms with Crippen LogP contribution in [0.2, 0.25) is 0 Å². The maximum Gasteiger partial charge on any atom is 0.407 e. The van der Waals surface area contributed by atoms with Crippen LogP contribution in [-0.4, -0.2) is 42.9 Å². The molecule has 2 N–H and O–H groups in total. The highest BCUT2D eigenvalue weighted by Crippen LogP contribution is 2.16. The highest BCUT2D eigenvalue weighted by molar-refractivity contribution is 5.76. The highest BCUT2D eigenvalue weighted by Gasteiger charge is 2.22. The van der Waals surface area contributed by atoms with Gasteiger partial charge in [-0.1, -0.05) is 13.8 Å². The molecule has 2 amide bonds. The quantitative estimate of drug-likeness (QED) is 0.753. The van der Waals surface area contributed by atoms with Crippen LogP contribution in [0, 0.1) is 5.92 Å². The number of carbonyl (C=O) groups excluding carboxylic acids is 2. The molecule has 1 aliphatic rings. The molecule has 1 heterocycles. The number of ether oxygens (including phenoxy) is 2. The summed E-state index contributed by atoms with van der Waals surface area (Å²) in [5.74, 6) is 0.193. The van der Waals surface area contributed by atoms with Gasteiger partial charge in [0.2, 0.25) is 5.91 Å². The van der Waals surface area contributed by atoms with Gasteiger partial charge in [0.05, 0.1) is 12.1 Å². The van der Waals surface area contributed by atoms with Gasteiger partial charge in [0.25, 0.3) is 0 Å². The van der Waals surface area contributed by atoms with Crippen LogP contribution >= 0.6 is 0 Å². The summed E-state index contributed by atoms with van der Waals surface area (Å²) in [6.07, 6.45) is 3.12. The molecule has 0 aromatic carbocycles. The van der Waals surface area contributed by atoms with E-state index in [-0.39, 0.29) is 24.0 Å². The lowest BCUT2D eigenvalue weighted by molar-refractivity contribution is -0.121. The summed E-state index contributed by atoms with van der Waals surface area (Å²) in [6.45, 7) is 10.7. The number of amides is 2. The second kappa shape index (κ2) is 9.11. The smallest absolute Gasteiger partial charge is 0.407 e. The van der Waals surface area contributed by atoms with Crippen molar-refractivity contribution in [1.82, 2.24) is 10.6 Å². The van der Waals surface area contributed by atoms with Crippen LogP contribution < -0.4 is 10.6 Å². The molecule has 6 nitrogen and oxygen atoms in total. The molecule has 0 bridgehead atoms. The first-order chi connectivity index (χ1) is 10.7. The van der Waals surface area contributed by atoms with Crippen LogP contribution in [-0.2, 0) is 14.3 Å². The van der Waals surface area contributed by atoms with Crippen molar-refractivity contribution in [1.29, 1.82) is 0 Å². The summed E-state index contributed by atoms with van der Waals surface area (Å²) in [5, 5.41) is 5.72. The van der Waals surface area contributed by atoms with Crippen molar-refractivity contribution in [2.75, 3.05) is 13.2 Å². The van der Waals surface area contributed by atoms with Crippen molar-refractivity contribution in [2.45, 2.75) is 78.0 Å². The lowest BCUT2D eigenvalue weighted by Crippen LogP contribution is -2.48. The molecular formula is C17H32N2O4. The molecule has 0 aromatic rings. The standard InChI is InChI=1S/C17H32N2O4/c1-12(2)14(19-16(21)23-17(3,4)5)11-18-15(20)9-8-13-7-6-10-22-13/h12-14H,6-11H2,1-5H3,(H,18,20)(H,19,21)/t13-,14-/m1/s1. The molecule has 1 fully saturated rings. The van der Waals surface area contributed by atoms with Crippen LogP contribution in [0.3, 0.4) is 0 Å². The first-order valence-corrected chi connectivity index (χ1v) is 8.55. The van der Waals surface area contributed by atoms with Gasteiger partial charge in [0.1, 0.15) is 5.60 Å². The summed E-state index contributed by atoms with van der Waals surface area (Å²) in [4.78, 5) is 23.8. The van der Waals surface area contributed by atoms with Crippen molar-refractivity contribution in [3.63, 3.8) is 0 Å². The van der Waals surface area contributed by atoms with E-state index in [1.54, 1.807) is 0 Å². The summed E-state index contributed by atoms with van der Waals surface area (Å²) in [6, 6.07) is -0.156. The van der Waals surface area contributed by atoms with Crippen LogP contribution in [0.5, 0.6) is 0 Å². The fraction of sp³-hybridized carbons (Fsp3) is 0.882. The van der Waals surface area contributed by atoms with Gasteiger partial charge in [-0.25, -0.2) is 4.79 Å². The summed E-state index contributed by atoms with van der Waals surface area (Å²) < 4.78 is 10.8. The van der Waals surface area contributed by atoms with Gasteiger partial charge in [-0.05, 0) is 46.0 Å². The lowest BCUT2D eigenvalue weighted by Gasteiger charge is -2.26. The first kappa shape index (κ1) is 19.7. The summed E-state index contributed by atoms with van der Waals surface area (Å²) >= 11 is 0. The number of nitrogens with one attached hydrogen (secondary N) is 2. The van der Waals surface area contributed by atoms with E-state index in [1.807, 2.05) is 34.6 Å². The van der Waals surface area contributed by atoms with E-state index in [0.717, 1.165) is 25.9 Å². The average Bonchev–Trinajstić information content (AvgIpc) is 2.92. The van der Waals surface area contributed by atoms with Gasteiger partial charge in [-0.3, -0.25) is 4.79 Å². The fourth-order valence-electron chi connectivity index (χ4n) is 2.39. The van der Waals surface area contributed by atoms with Crippen molar-refractivity contribution >= 4 is 12.0 Å². The molecular weight excluding hydrogens is 296 g/mol. The van der Waals surface area contributed by atoms with E-state index >= 15 is 0 Å². The molecule has 6 heteroatoms. The van der Waals surface area contributed by atoms with E-state index in [0.29, 0.717) is 13.0 Å². The van der Waals surface area contributed by atoms with E-state index in [4.69, 9.17) is 9.47 Å². The van der Waals surface area contributed by atoms with Gasteiger partial charge in [-0.15, -0.1) is 0 Å². The van der Waals surface area contributed by atoms with Crippen molar-refractivity contribution in [3.05, 3.63) is 0 Å². The third kappa shape index (κ3) is 8.79. The lowest BCUT2D eigenvalue weighted by atomic mass is 10.0. The Kier molecular flexibility index (Phi) is 7.82. The van der Waals surface area contributed by atoms with Gasteiger partial charge in [-0.2, -0.15) is 0 Å². The minimum absolute atomic E-state index is 0.00265. The molecule has 1 saturated heterocycles. The Morgan fingerprint density at radius 3 is 2.52 bits per heavy atom. The Morgan fingerprint density at radius 2 is 2.00 bits per heavy atom. The molecule has 0 radical (unpaired) electrons. The van der Waals surface area contributed by atoms with Gasteiger partial charge < -0.3 is 20.1 Å². The molecule has 2 atom stereocenters. The zero-order chi connectivity index (χ0) is 17.5. The molecule has 1 aliphatic heterocycles. The fourth-order valence-corrected chi connectivity index (χ4v) is 2.39. The summed E-state index contributed by atoms with van der Waals surface area (Å²) in [5.41, 5.74) is -0.532. The Balaban J connectivity index is 2.31. The normalized spacial score (nSPS) is 19.5. The molecule has 0 aromatic heterocycles. The summed E-state index contributed by atoms with van der Waals surface area (Å²) in [7, 11) is 0. The van der Waals surface area contributed by atoms with Crippen molar-refractivity contribution < 1.29 is 19.1 Å². The maximum atomic E-state index is 11.9. The van der Waals surface area contributed by atoms with Gasteiger partial charge in [0, 0.05) is 19.6 Å². The molecule has 23 heavy (non-hydrogen) atoms. The highest BCUT2D eigenvalue weighted by atomic mass is 16.6. The number of rotatable bonds is 7. The van der Waals surface area contributed by atoms with Crippen LogP contribution in [0.1, 0.15) is 60.3 Å². The average molecular weight is 328 g/mol. The van der Waals surface area contributed by atoms with E-state index in [1.165, 1.54) is 0 Å². The van der Waals surface area contributed by atoms with Crippen molar-refractivity contribution in [2.24, 2.45) is 5.92 Å². The predicted octanol–water partition coefficient (Wildman–Crippen LogP) is 2.61. The molecule has 0 unspecified atom stereocenters. The zero-order valence-electron chi connectivity index (χ0n) is 15.1. The van der Waals surface area contributed by atoms with Gasteiger partial charge in [0.15, 0.2) is 0 Å². The van der Waals surface area contributed by atoms with Crippen LogP contribution in [0.25, 0.3) is 0 Å². The third-order valence-corrected chi connectivity index (χ3v) is 3.74. The minimum Gasteiger partial charge on any atom is -0.444 e. The van der Waals surface area contributed by atoms with Crippen LogP contribution in [0.15, 0.2) is 0 Å². The SMILES string of the molecule is CC(C)[C@@H](CNC(=O)CC[C@H]1CCCO1)NC(=O)OC(C)(C)C. The van der Waals surface area contributed by atoms with Gasteiger partial charge >= 0.3 is 6.09 Å². The molecule has 134 valence electrons. The second-order valence-corrected chi connectivity index (χ2v) is 7.47.